The van der Waals surface area contributed by atoms with E-state index in [0.29, 0.717) is 12.5 Å². The monoisotopic (exact) mass is 256 g/mol. The average Bonchev–Trinajstić information content (AvgIpc) is 2.97. The van der Waals surface area contributed by atoms with Gasteiger partial charge in [0.15, 0.2) is 0 Å². The van der Waals surface area contributed by atoms with Gasteiger partial charge in [-0.3, -0.25) is 4.79 Å². The molecule has 0 spiro atoms. The molecule has 100 valence electrons. The SMILES string of the molecule is NCC(NC(=O)C#Cc1ccccc1)C1CCCC1. The van der Waals surface area contributed by atoms with Gasteiger partial charge in [-0.15, -0.1) is 0 Å². The summed E-state index contributed by atoms with van der Waals surface area (Å²) in [7, 11) is 0. The van der Waals surface area contributed by atoms with Gasteiger partial charge in [0.1, 0.15) is 0 Å². The summed E-state index contributed by atoms with van der Waals surface area (Å²) < 4.78 is 0. The lowest BCUT2D eigenvalue weighted by atomic mass is 9.98. The Hall–Kier alpha value is -1.79. The zero-order valence-corrected chi connectivity index (χ0v) is 11.1. The van der Waals surface area contributed by atoms with Gasteiger partial charge in [0.05, 0.1) is 0 Å². The van der Waals surface area contributed by atoms with E-state index < -0.39 is 0 Å². The topological polar surface area (TPSA) is 55.1 Å². The highest BCUT2D eigenvalue weighted by atomic mass is 16.1. The minimum Gasteiger partial charge on any atom is -0.341 e. The van der Waals surface area contributed by atoms with E-state index in [0.717, 1.165) is 18.4 Å². The van der Waals surface area contributed by atoms with E-state index in [1.54, 1.807) is 0 Å². The van der Waals surface area contributed by atoms with Crippen molar-refractivity contribution in [1.29, 1.82) is 0 Å². The highest BCUT2D eigenvalue weighted by Crippen LogP contribution is 2.27. The summed E-state index contributed by atoms with van der Waals surface area (Å²) in [5, 5.41) is 2.94. The fraction of sp³-hybridized carbons (Fsp3) is 0.438. The van der Waals surface area contributed by atoms with Gasteiger partial charge in [0.2, 0.25) is 0 Å². The van der Waals surface area contributed by atoms with Crippen LogP contribution in [0.25, 0.3) is 0 Å². The maximum Gasteiger partial charge on any atom is 0.296 e. The molecule has 1 unspecified atom stereocenters. The standard InChI is InChI=1S/C16H20N2O/c17-12-15(14-8-4-5-9-14)18-16(19)11-10-13-6-2-1-3-7-13/h1-3,6-7,14-15H,4-5,8-9,12,17H2,(H,18,19). The van der Waals surface area contributed by atoms with Gasteiger partial charge in [0, 0.05) is 24.1 Å². The van der Waals surface area contributed by atoms with Crippen LogP contribution in [0.2, 0.25) is 0 Å². The van der Waals surface area contributed by atoms with Crippen molar-refractivity contribution in [1.82, 2.24) is 5.32 Å². The number of amides is 1. The normalized spacial score (nSPS) is 16.5. The Kier molecular flexibility index (Phi) is 5.00. The van der Waals surface area contributed by atoms with E-state index in [1.165, 1.54) is 12.8 Å². The second kappa shape index (κ2) is 6.96. The third-order valence-electron chi connectivity index (χ3n) is 3.63. The Labute approximate surface area is 114 Å². The molecule has 0 heterocycles. The molecule has 0 bridgehead atoms. The molecule has 0 saturated heterocycles. The zero-order valence-electron chi connectivity index (χ0n) is 11.1. The average molecular weight is 256 g/mol. The van der Waals surface area contributed by atoms with Crippen LogP contribution >= 0.6 is 0 Å². The molecule has 3 nitrogen and oxygen atoms in total. The van der Waals surface area contributed by atoms with Crippen molar-refractivity contribution < 1.29 is 4.79 Å². The van der Waals surface area contributed by atoms with Crippen molar-refractivity contribution in [2.45, 2.75) is 31.7 Å². The molecule has 1 aliphatic carbocycles. The number of hydrogen-bond acceptors (Lipinski definition) is 2. The van der Waals surface area contributed by atoms with Gasteiger partial charge in [0.25, 0.3) is 5.91 Å². The van der Waals surface area contributed by atoms with Crippen LogP contribution in [0.15, 0.2) is 30.3 Å². The maximum absolute atomic E-state index is 11.8. The number of carbonyl (C=O) groups excluding carboxylic acids is 1. The highest BCUT2D eigenvalue weighted by Gasteiger charge is 2.24. The van der Waals surface area contributed by atoms with Crippen LogP contribution in [-0.2, 0) is 4.79 Å². The fourth-order valence-electron chi connectivity index (χ4n) is 2.58. The van der Waals surface area contributed by atoms with Crippen LogP contribution in [-0.4, -0.2) is 18.5 Å². The molecule has 1 fully saturated rings. The lowest BCUT2D eigenvalue weighted by molar-refractivity contribution is -0.116. The second-order valence-corrected chi connectivity index (χ2v) is 4.98. The molecular formula is C16H20N2O. The molecule has 1 amide bonds. The van der Waals surface area contributed by atoms with Crippen molar-refractivity contribution in [2.75, 3.05) is 6.54 Å². The lowest BCUT2D eigenvalue weighted by Gasteiger charge is -2.21. The predicted octanol–water partition coefficient (Wildman–Crippen LogP) is 1.67. The van der Waals surface area contributed by atoms with Crippen molar-refractivity contribution in [3.05, 3.63) is 35.9 Å². The Morgan fingerprint density at radius 1 is 1.32 bits per heavy atom. The molecule has 19 heavy (non-hydrogen) atoms. The minimum absolute atomic E-state index is 0.0695. The molecule has 1 atom stereocenters. The summed E-state index contributed by atoms with van der Waals surface area (Å²) in [5.41, 5.74) is 6.60. The number of benzene rings is 1. The number of nitrogens with two attached hydrogens (primary N) is 1. The molecule has 0 radical (unpaired) electrons. The maximum atomic E-state index is 11.8. The molecule has 1 aliphatic rings. The molecule has 0 aromatic heterocycles. The van der Waals surface area contributed by atoms with Crippen molar-refractivity contribution in [3.8, 4) is 11.8 Å². The minimum atomic E-state index is -0.230. The van der Waals surface area contributed by atoms with Gasteiger partial charge in [-0.2, -0.15) is 0 Å². The molecule has 3 heteroatoms. The van der Waals surface area contributed by atoms with Crippen LogP contribution < -0.4 is 11.1 Å². The number of rotatable bonds is 3. The number of hydrogen-bond donors (Lipinski definition) is 2. The first kappa shape index (κ1) is 13.6. The first-order valence-corrected chi connectivity index (χ1v) is 6.87. The predicted molar refractivity (Wildman–Crippen MR) is 76.3 cm³/mol. The van der Waals surface area contributed by atoms with E-state index in [4.69, 9.17) is 5.73 Å². The van der Waals surface area contributed by atoms with Crippen LogP contribution in [0, 0.1) is 17.8 Å². The molecule has 1 saturated carbocycles. The third-order valence-corrected chi connectivity index (χ3v) is 3.63. The number of carbonyl (C=O) groups is 1. The van der Waals surface area contributed by atoms with Crippen molar-refractivity contribution >= 4 is 5.91 Å². The molecule has 2 rings (SSSR count). The number of nitrogens with one attached hydrogen (secondary N) is 1. The fourth-order valence-corrected chi connectivity index (χ4v) is 2.58. The Morgan fingerprint density at radius 2 is 2.00 bits per heavy atom. The summed E-state index contributed by atoms with van der Waals surface area (Å²) in [4.78, 5) is 11.8. The van der Waals surface area contributed by atoms with Crippen LogP contribution in [0.5, 0.6) is 0 Å². The van der Waals surface area contributed by atoms with E-state index in [1.807, 2.05) is 30.3 Å². The van der Waals surface area contributed by atoms with Crippen LogP contribution in [0.3, 0.4) is 0 Å². The smallest absolute Gasteiger partial charge is 0.296 e. The quantitative estimate of drug-likeness (QED) is 0.808. The van der Waals surface area contributed by atoms with E-state index >= 15 is 0 Å². The van der Waals surface area contributed by atoms with E-state index in [2.05, 4.69) is 17.2 Å². The second-order valence-electron chi connectivity index (χ2n) is 4.98. The first-order valence-electron chi connectivity index (χ1n) is 6.87. The summed E-state index contributed by atoms with van der Waals surface area (Å²) >= 11 is 0. The molecule has 0 aliphatic heterocycles. The highest BCUT2D eigenvalue weighted by molar-refractivity contribution is 5.94. The molecule has 1 aromatic carbocycles. The van der Waals surface area contributed by atoms with Gasteiger partial charge in [-0.1, -0.05) is 37.0 Å². The first-order chi connectivity index (χ1) is 9.29. The van der Waals surface area contributed by atoms with E-state index in [-0.39, 0.29) is 11.9 Å². The molecule has 3 N–H and O–H groups in total. The third kappa shape index (κ3) is 4.11. The van der Waals surface area contributed by atoms with Gasteiger partial charge in [-0.05, 0) is 30.9 Å². The zero-order chi connectivity index (χ0) is 13.5. The molecule has 1 aromatic rings. The molecular weight excluding hydrogens is 236 g/mol. The summed E-state index contributed by atoms with van der Waals surface area (Å²) in [6, 6.07) is 9.58. The largest absolute Gasteiger partial charge is 0.341 e. The Bertz CT molecular complexity index is 467. The van der Waals surface area contributed by atoms with E-state index in [9.17, 15) is 4.79 Å². The van der Waals surface area contributed by atoms with Crippen molar-refractivity contribution in [3.63, 3.8) is 0 Å². The van der Waals surface area contributed by atoms with Gasteiger partial charge in [-0.25, -0.2) is 0 Å². The Morgan fingerprint density at radius 3 is 2.63 bits per heavy atom. The van der Waals surface area contributed by atoms with Crippen molar-refractivity contribution in [2.24, 2.45) is 11.7 Å². The summed E-state index contributed by atoms with van der Waals surface area (Å²) in [6.07, 6.45) is 4.81. The van der Waals surface area contributed by atoms with Gasteiger partial charge >= 0.3 is 0 Å². The summed E-state index contributed by atoms with van der Waals surface area (Å²) in [5.74, 6) is 5.78. The van der Waals surface area contributed by atoms with Crippen LogP contribution in [0.1, 0.15) is 31.2 Å². The summed E-state index contributed by atoms with van der Waals surface area (Å²) in [6.45, 7) is 0.490. The van der Waals surface area contributed by atoms with Gasteiger partial charge < -0.3 is 11.1 Å². The lowest BCUT2D eigenvalue weighted by Crippen LogP contribution is -2.44. The Balaban J connectivity index is 1.91. The van der Waals surface area contributed by atoms with Crippen LogP contribution in [0.4, 0.5) is 0 Å².